The van der Waals surface area contributed by atoms with E-state index in [1.807, 2.05) is 47.9 Å². The molecule has 0 atom stereocenters. The third kappa shape index (κ3) is 6.02. The summed E-state index contributed by atoms with van der Waals surface area (Å²) >= 11 is 1.33. The lowest BCUT2D eigenvalue weighted by molar-refractivity contribution is -0.192. The molecule has 2 amide bonds. The summed E-state index contributed by atoms with van der Waals surface area (Å²) in [6, 6.07) is 11.0. The van der Waals surface area contributed by atoms with Crippen molar-refractivity contribution in [3.63, 3.8) is 0 Å². The third-order valence-electron chi connectivity index (χ3n) is 4.61. The number of carboxylic acid groups (broad SMARTS) is 1. The molecule has 10 nitrogen and oxygen atoms in total. The lowest BCUT2D eigenvalue weighted by Gasteiger charge is -2.09. The second-order valence-corrected chi connectivity index (χ2v) is 8.26. The molecule has 14 heteroatoms. The van der Waals surface area contributed by atoms with E-state index >= 15 is 0 Å². The topological polar surface area (TPSA) is 130 Å². The number of anilines is 2. The first-order valence-corrected chi connectivity index (χ1v) is 10.9. The van der Waals surface area contributed by atoms with Crippen molar-refractivity contribution in [2.45, 2.75) is 20.0 Å². The first kappa shape index (κ1) is 26.3. The molecule has 188 valence electrons. The Morgan fingerprint density at radius 1 is 1.11 bits per heavy atom. The molecular weight excluding hydrogens is 501 g/mol. The number of imidazole rings is 1. The van der Waals surface area contributed by atoms with Gasteiger partial charge in [-0.15, -0.1) is 0 Å². The van der Waals surface area contributed by atoms with E-state index in [0.29, 0.717) is 28.0 Å². The van der Waals surface area contributed by atoms with Crippen LogP contribution in [0.4, 0.5) is 24.1 Å². The molecular formula is C22H19F3N6O4S. The Morgan fingerprint density at radius 2 is 1.81 bits per heavy atom. The smallest absolute Gasteiger partial charge is 0.475 e. The van der Waals surface area contributed by atoms with Crippen LogP contribution in [0.1, 0.15) is 23.1 Å². The van der Waals surface area contributed by atoms with Crippen LogP contribution in [0.25, 0.3) is 16.2 Å². The number of hydrogen-bond donors (Lipinski definition) is 2. The number of nitrogens with zero attached hydrogens (tertiary/aromatic N) is 5. The highest BCUT2D eigenvalue weighted by Gasteiger charge is 2.38. The lowest BCUT2D eigenvalue weighted by Crippen LogP contribution is -2.22. The number of aliphatic carboxylic acids is 1. The second kappa shape index (κ2) is 10.5. The van der Waals surface area contributed by atoms with Gasteiger partial charge < -0.3 is 10.4 Å². The summed E-state index contributed by atoms with van der Waals surface area (Å²) in [5.41, 5.74) is 1.77. The summed E-state index contributed by atoms with van der Waals surface area (Å²) in [5.74, 6) is -2.15. The number of thiazole rings is 1. The Kier molecular flexibility index (Phi) is 7.68. The van der Waals surface area contributed by atoms with Gasteiger partial charge in [0.25, 0.3) is 5.91 Å². The molecule has 0 aliphatic heterocycles. The molecule has 2 N–H and O–H groups in total. The normalized spacial score (nSPS) is 10.9. The number of halogens is 3. The van der Waals surface area contributed by atoms with Gasteiger partial charge in [0.05, 0.1) is 16.6 Å². The molecule has 4 heterocycles. The molecule has 0 bridgehead atoms. The summed E-state index contributed by atoms with van der Waals surface area (Å²) in [7, 11) is 1.67. The van der Waals surface area contributed by atoms with Crippen LogP contribution >= 0.6 is 11.3 Å². The van der Waals surface area contributed by atoms with Crippen molar-refractivity contribution in [3.05, 3.63) is 60.2 Å². The van der Waals surface area contributed by atoms with Gasteiger partial charge in [-0.25, -0.2) is 19.7 Å². The molecule has 0 aliphatic carbocycles. The number of carboxylic acids is 1. The molecule has 0 fully saturated rings. The predicted molar refractivity (Wildman–Crippen MR) is 126 cm³/mol. The van der Waals surface area contributed by atoms with Gasteiger partial charge >= 0.3 is 12.1 Å². The number of aromatic nitrogens is 4. The zero-order valence-electron chi connectivity index (χ0n) is 19.1. The van der Waals surface area contributed by atoms with Gasteiger partial charge in [0.1, 0.15) is 5.82 Å². The number of pyridine rings is 2. The van der Waals surface area contributed by atoms with Crippen molar-refractivity contribution in [2.75, 3.05) is 17.3 Å². The van der Waals surface area contributed by atoms with Gasteiger partial charge in [-0.3, -0.25) is 18.9 Å². The molecule has 4 aromatic rings. The Labute approximate surface area is 206 Å². The highest BCUT2D eigenvalue weighted by Crippen LogP contribution is 2.31. The fourth-order valence-corrected chi connectivity index (χ4v) is 3.73. The average Bonchev–Trinajstić information content (AvgIpc) is 3.43. The first-order chi connectivity index (χ1) is 16.9. The summed E-state index contributed by atoms with van der Waals surface area (Å²) in [5, 5.41) is 10.5. The van der Waals surface area contributed by atoms with Crippen LogP contribution < -0.4 is 10.2 Å². The van der Waals surface area contributed by atoms with Gasteiger partial charge in [0.2, 0.25) is 5.91 Å². The average molecular weight is 520 g/mol. The molecule has 0 radical (unpaired) electrons. The number of amides is 2. The van der Waals surface area contributed by atoms with E-state index in [2.05, 4.69) is 20.3 Å². The minimum Gasteiger partial charge on any atom is -0.475 e. The van der Waals surface area contributed by atoms with Crippen LogP contribution in [-0.4, -0.2) is 55.5 Å². The minimum atomic E-state index is -5.08. The van der Waals surface area contributed by atoms with E-state index in [0.717, 1.165) is 10.6 Å². The molecule has 0 spiro atoms. The highest BCUT2D eigenvalue weighted by molar-refractivity contribution is 7.19. The number of carbonyl (C=O) groups is 3. The van der Waals surface area contributed by atoms with Crippen molar-refractivity contribution in [1.29, 1.82) is 0 Å². The van der Waals surface area contributed by atoms with Crippen LogP contribution in [0.3, 0.4) is 0 Å². The van der Waals surface area contributed by atoms with Gasteiger partial charge in [-0.05, 0) is 31.2 Å². The van der Waals surface area contributed by atoms with E-state index in [-0.39, 0.29) is 11.8 Å². The van der Waals surface area contributed by atoms with Crippen LogP contribution in [0.5, 0.6) is 0 Å². The Morgan fingerprint density at radius 3 is 2.42 bits per heavy atom. The van der Waals surface area contributed by atoms with Gasteiger partial charge in [-0.1, -0.05) is 23.5 Å². The quantitative estimate of drug-likeness (QED) is 0.416. The molecule has 0 unspecified atom stereocenters. The fraction of sp³-hybridized carbons (Fsp3) is 0.182. The molecule has 0 aromatic carbocycles. The van der Waals surface area contributed by atoms with E-state index in [1.165, 1.54) is 23.2 Å². The van der Waals surface area contributed by atoms with Crippen LogP contribution in [-0.2, 0) is 9.59 Å². The molecule has 4 aromatic heterocycles. The van der Waals surface area contributed by atoms with Crippen LogP contribution in [0.15, 0.2) is 48.8 Å². The number of rotatable bonds is 4. The molecule has 0 aliphatic rings. The van der Waals surface area contributed by atoms with E-state index in [1.54, 1.807) is 19.3 Å². The number of aryl methyl sites for hydroxylation is 1. The predicted octanol–water partition coefficient (Wildman–Crippen LogP) is 4.03. The minimum absolute atomic E-state index is 0.107. The van der Waals surface area contributed by atoms with Gasteiger partial charge in [0, 0.05) is 25.9 Å². The molecule has 36 heavy (non-hydrogen) atoms. The Bertz CT molecular complexity index is 1430. The lowest BCUT2D eigenvalue weighted by atomic mass is 10.3. The monoisotopic (exact) mass is 520 g/mol. The van der Waals surface area contributed by atoms with Crippen molar-refractivity contribution >= 4 is 45.6 Å². The number of nitrogens with one attached hydrogen (secondary N) is 1. The Hall–Kier alpha value is -4.33. The SMILES string of the molecule is CC(=O)N(C)c1ncc(-c2nc(C(=O)Nc3cccc(C)n3)c3ccccn23)s1.O=C(O)C(F)(F)F. The zero-order valence-corrected chi connectivity index (χ0v) is 19.9. The molecule has 0 saturated heterocycles. The first-order valence-electron chi connectivity index (χ1n) is 10.1. The van der Waals surface area contributed by atoms with Crippen molar-refractivity contribution in [2.24, 2.45) is 0 Å². The van der Waals surface area contributed by atoms with E-state index in [4.69, 9.17) is 9.90 Å². The van der Waals surface area contributed by atoms with E-state index in [9.17, 15) is 22.8 Å². The standard InChI is InChI=1S/C20H18N6O2S.C2HF3O2/c1-12-7-6-9-16(22-12)23-19(28)17-14-8-4-5-10-26(14)18(24-17)15-11-21-20(29-15)25(3)13(2)27;3-2(4,5)1(6)7/h4-11H,1-3H3,(H,22,23,28);(H,6,7). The van der Waals surface area contributed by atoms with Crippen molar-refractivity contribution in [1.82, 2.24) is 19.4 Å². The van der Waals surface area contributed by atoms with Gasteiger partial charge in [0.15, 0.2) is 16.6 Å². The van der Waals surface area contributed by atoms with E-state index < -0.39 is 12.1 Å². The second-order valence-electron chi connectivity index (χ2n) is 7.25. The number of hydrogen-bond acceptors (Lipinski definition) is 7. The maximum absolute atomic E-state index is 12.9. The molecule has 4 rings (SSSR count). The van der Waals surface area contributed by atoms with Crippen LogP contribution in [0, 0.1) is 6.92 Å². The maximum Gasteiger partial charge on any atom is 0.490 e. The summed E-state index contributed by atoms with van der Waals surface area (Å²) in [4.78, 5) is 48.8. The maximum atomic E-state index is 12.9. The Balaban J connectivity index is 0.000000454. The largest absolute Gasteiger partial charge is 0.490 e. The summed E-state index contributed by atoms with van der Waals surface area (Å²) < 4.78 is 33.6. The number of carbonyl (C=O) groups excluding carboxylic acids is 2. The van der Waals surface area contributed by atoms with Crippen molar-refractivity contribution in [3.8, 4) is 10.7 Å². The summed E-state index contributed by atoms with van der Waals surface area (Å²) in [6.07, 6.45) is -1.58. The highest BCUT2D eigenvalue weighted by atomic mass is 32.1. The number of fused-ring (bicyclic) bond motifs is 1. The fourth-order valence-electron chi connectivity index (χ4n) is 2.82. The summed E-state index contributed by atoms with van der Waals surface area (Å²) in [6.45, 7) is 3.34. The number of alkyl halides is 3. The van der Waals surface area contributed by atoms with Crippen molar-refractivity contribution < 1.29 is 32.7 Å². The molecule has 0 saturated carbocycles. The third-order valence-corrected chi connectivity index (χ3v) is 5.68. The van der Waals surface area contributed by atoms with Crippen LogP contribution in [0.2, 0.25) is 0 Å². The zero-order chi connectivity index (χ0) is 26.6. The van der Waals surface area contributed by atoms with Gasteiger partial charge in [-0.2, -0.15) is 13.2 Å².